The first-order valence-electron chi connectivity index (χ1n) is 7.73. The number of carbonyl (C=O) groups is 1. The van der Waals surface area contributed by atoms with Crippen molar-refractivity contribution < 1.29 is 26.4 Å². The molecule has 3 rings (SSSR count). The topological polar surface area (TPSA) is 66.5 Å². The van der Waals surface area contributed by atoms with Gasteiger partial charge in [0, 0.05) is 18.3 Å². The summed E-state index contributed by atoms with van der Waals surface area (Å²) in [6.07, 6.45) is 0.173. The first kappa shape index (κ1) is 18.4. The lowest BCUT2D eigenvalue weighted by molar-refractivity contribution is -0.118. The van der Waals surface area contributed by atoms with Gasteiger partial charge in [-0.05, 0) is 49.2 Å². The Morgan fingerprint density at radius 1 is 1.08 bits per heavy atom. The van der Waals surface area contributed by atoms with Crippen LogP contribution in [0.2, 0.25) is 0 Å². The summed E-state index contributed by atoms with van der Waals surface area (Å²) in [5, 5.41) is 0. The van der Waals surface area contributed by atoms with Crippen LogP contribution in [0.1, 0.15) is 12.0 Å². The minimum absolute atomic E-state index is 0.173. The van der Waals surface area contributed by atoms with Gasteiger partial charge in [0.05, 0.1) is 4.90 Å². The molecule has 1 aliphatic heterocycles. The molecule has 0 saturated carbocycles. The largest absolute Gasteiger partial charge is 0.311 e. The molecular formula is C17H15F3N2O3S. The maximum atomic E-state index is 13.4. The van der Waals surface area contributed by atoms with Crippen LogP contribution in [0.4, 0.5) is 18.9 Å². The average molecular weight is 384 g/mol. The molecule has 1 N–H and O–H groups in total. The number of nitrogens with one attached hydrogen (secondary N) is 1. The van der Waals surface area contributed by atoms with Crippen LogP contribution in [0.5, 0.6) is 0 Å². The zero-order valence-corrected chi connectivity index (χ0v) is 14.5. The molecule has 1 heterocycles. The second kappa shape index (κ2) is 6.73. The van der Waals surface area contributed by atoms with Gasteiger partial charge in [0.1, 0.15) is 23.5 Å². The van der Waals surface area contributed by atoms with E-state index in [4.69, 9.17) is 0 Å². The van der Waals surface area contributed by atoms with Crippen molar-refractivity contribution in [2.24, 2.45) is 0 Å². The molecule has 1 aliphatic rings. The van der Waals surface area contributed by atoms with Gasteiger partial charge in [0.2, 0.25) is 15.9 Å². The Hall–Kier alpha value is -2.39. The fourth-order valence-corrected chi connectivity index (χ4v) is 4.05. The Labute approximate surface area is 148 Å². The van der Waals surface area contributed by atoms with Crippen molar-refractivity contribution >= 4 is 21.6 Å². The lowest BCUT2D eigenvalue weighted by Gasteiger charge is -2.18. The van der Waals surface area contributed by atoms with E-state index in [1.54, 1.807) is 6.92 Å². The predicted octanol–water partition coefficient (Wildman–Crippen LogP) is 2.50. The summed E-state index contributed by atoms with van der Waals surface area (Å²) in [5.41, 5.74) is 0.807. The Morgan fingerprint density at radius 2 is 1.73 bits per heavy atom. The summed E-state index contributed by atoms with van der Waals surface area (Å²) >= 11 is 0. The van der Waals surface area contributed by atoms with Crippen LogP contribution < -0.4 is 9.62 Å². The fraction of sp³-hybridized carbons (Fsp3) is 0.235. The van der Waals surface area contributed by atoms with Gasteiger partial charge in [0.15, 0.2) is 0 Å². The number of amides is 1. The van der Waals surface area contributed by atoms with Crippen molar-refractivity contribution in [1.29, 1.82) is 0 Å². The quantitative estimate of drug-likeness (QED) is 0.881. The first-order chi connectivity index (χ1) is 12.2. The molecular weight excluding hydrogens is 369 g/mol. The summed E-state index contributed by atoms with van der Waals surface area (Å²) in [4.78, 5) is 13.2. The lowest BCUT2D eigenvalue weighted by atomic mass is 10.2. The zero-order valence-electron chi connectivity index (χ0n) is 13.7. The van der Waals surface area contributed by atoms with Gasteiger partial charge >= 0.3 is 0 Å². The average Bonchev–Trinajstić information content (AvgIpc) is 2.89. The maximum Gasteiger partial charge on any atom is 0.245 e. The summed E-state index contributed by atoms with van der Waals surface area (Å²) < 4.78 is 66.7. The molecule has 1 atom stereocenters. The molecule has 2 aromatic rings. The van der Waals surface area contributed by atoms with Gasteiger partial charge < -0.3 is 4.90 Å². The SMILES string of the molecule is Cc1cc(N2CC[C@H](NS(=O)(=O)c3cc(F)cc(F)c3)C2=O)ccc1F. The number of nitrogens with zero attached hydrogens (tertiary/aromatic N) is 1. The monoisotopic (exact) mass is 384 g/mol. The van der Waals surface area contributed by atoms with E-state index in [1.165, 1.54) is 23.1 Å². The van der Waals surface area contributed by atoms with Gasteiger partial charge in [-0.3, -0.25) is 4.79 Å². The summed E-state index contributed by atoms with van der Waals surface area (Å²) in [7, 11) is -4.28. The molecule has 2 aromatic carbocycles. The third-order valence-electron chi connectivity index (χ3n) is 4.10. The Balaban J connectivity index is 1.81. The van der Waals surface area contributed by atoms with E-state index >= 15 is 0 Å². The number of halogens is 3. The van der Waals surface area contributed by atoms with E-state index in [2.05, 4.69) is 4.72 Å². The van der Waals surface area contributed by atoms with Crippen molar-refractivity contribution in [3.8, 4) is 0 Å². The van der Waals surface area contributed by atoms with E-state index in [1.807, 2.05) is 0 Å². The van der Waals surface area contributed by atoms with Crippen LogP contribution in [0.15, 0.2) is 41.3 Å². The zero-order chi connectivity index (χ0) is 19.1. The Morgan fingerprint density at radius 3 is 2.35 bits per heavy atom. The highest BCUT2D eigenvalue weighted by Gasteiger charge is 2.36. The number of aryl methyl sites for hydroxylation is 1. The Kier molecular flexibility index (Phi) is 4.76. The molecule has 0 bridgehead atoms. The van der Waals surface area contributed by atoms with Crippen LogP contribution >= 0.6 is 0 Å². The van der Waals surface area contributed by atoms with E-state index in [9.17, 15) is 26.4 Å². The molecule has 9 heteroatoms. The van der Waals surface area contributed by atoms with Crippen LogP contribution in [0, 0.1) is 24.4 Å². The molecule has 0 aromatic heterocycles. The van der Waals surface area contributed by atoms with Crippen molar-refractivity contribution in [1.82, 2.24) is 4.72 Å². The molecule has 0 radical (unpaired) electrons. The number of hydrogen-bond donors (Lipinski definition) is 1. The standard InChI is InChI=1S/C17H15F3N2O3S/c1-10-6-13(2-3-15(10)20)22-5-4-16(17(22)23)21-26(24,25)14-8-11(18)7-12(19)9-14/h2-3,6-9,16,21H,4-5H2,1H3/t16-/m0/s1. The fourth-order valence-electron chi connectivity index (χ4n) is 2.78. The molecule has 1 fully saturated rings. The van der Waals surface area contributed by atoms with E-state index in [0.29, 0.717) is 29.4 Å². The van der Waals surface area contributed by atoms with Crippen molar-refractivity contribution in [2.75, 3.05) is 11.4 Å². The van der Waals surface area contributed by atoms with Crippen molar-refractivity contribution in [3.05, 3.63) is 59.4 Å². The summed E-state index contributed by atoms with van der Waals surface area (Å²) in [6, 6.07) is 4.98. The molecule has 0 unspecified atom stereocenters. The minimum atomic E-state index is -4.28. The lowest BCUT2D eigenvalue weighted by Crippen LogP contribution is -2.41. The number of rotatable bonds is 4. The highest BCUT2D eigenvalue weighted by Crippen LogP contribution is 2.25. The molecule has 0 spiro atoms. The summed E-state index contributed by atoms with van der Waals surface area (Å²) in [6.45, 7) is 1.78. The van der Waals surface area contributed by atoms with E-state index in [-0.39, 0.29) is 13.0 Å². The van der Waals surface area contributed by atoms with Crippen molar-refractivity contribution in [2.45, 2.75) is 24.3 Å². The molecule has 1 saturated heterocycles. The molecule has 1 amide bonds. The van der Waals surface area contributed by atoms with E-state index in [0.717, 1.165) is 0 Å². The van der Waals surface area contributed by atoms with Crippen LogP contribution in [-0.4, -0.2) is 26.9 Å². The van der Waals surface area contributed by atoms with Crippen LogP contribution in [0.25, 0.3) is 0 Å². The third kappa shape index (κ3) is 3.58. The Bertz CT molecular complexity index is 959. The normalized spacial score (nSPS) is 17.8. The number of benzene rings is 2. The van der Waals surface area contributed by atoms with Crippen molar-refractivity contribution in [3.63, 3.8) is 0 Å². The molecule has 138 valence electrons. The van der Waals surface area contributed by atoms with Gasteiger partial charge in [-0.2, -0.15) is 4.72 Å². The number of anilines is 1. The van der Waals surface area contributed by atoms with Crippen LogP contribution in [0.3, 0.4) is 0 Å². The van der Waals surface area contributed by atoms with Gasteiger partial charge in [-0.1, -0.05) is 0 Å². The highest BCUT2D eigenvalue weighted by molar-refractivity contribution is 7.89. The second-order valence-corrected chi connectivity index (χ2v) is 7.71. The predicted molar refractivity (Wildman–Crippen MR) is 88.6 cm³/mol. The van der Waals surface area contributed by atoms with Gasteiger partial charge in [-0.15, -0.1) is 0 Å². The smallest absolute Gasteiger partial charge is 0.245 e. The summed E-state index contributed by atoms with van der Waals surface area (Å²) in [5.74, 6) is -3.00. The van der Waals surface area contributed by atoms with Crippen LogP contribution in [-0.2, 0) is 14.8 Å². The van der Waals surface area contributed by atoms with Gasteiger partial charge in [0.25, 0.3) is 0 Å². The number of hydrogen-bond acceptors (Lipinski definition) is 3. The van der Waals surface area contributed by atoms with E-state index < -0.39 is 44.3 Å². The number of sulfonamides is 1. The molecule has 0 aliphatic carbocycles. The first-order valence-corrected chi connectivity index (χ1v) is 9.21. The molecule has 5 nitrogen and oxygen atoms in total. The number of carbonyl (C=O) groups excluding carboxylic acids is 1. The minimum Gasteiger partial charge on any atom is -0.311 e. The third-order valence-corrected chi connectivity index (χ3v) is 5.55. The second-order valence-electron chi connectivity index (χ2n) is 5.99. The molecule has 26 heavy (non-hydrogen) atoms. The highest BCUT2D eigenvalue weighted by atomic mass is 32.2. The van der Waals surface area contributed by atoms with Gasteiger partial charge in [-0.25, -0.2) is 21.6 Å². The maximum absolute atomic E-state index is 13.4.